The van der Waals surface area contributed by atoms with E-state index in [4.69, 9.17) is 5.73 Å². The summed E-state index contributed by atoms with van der Waals surface area (Å²) in [6.45, 7) is 2.32. The second-order valence-electron chi connectivity index (χ2n) is 2.98. The van der Waals surface area contributed by atoms with Crippen LogP contribution in [0.15, 0.2) is 24.5 Å². The standard InChI is InChI=1S/C9H14N4O/c1-7(9(10)14)13-12-6-8-2-4-11-5-3-8/h2-5,7,12-13H,6H2,1H3,(H2,10,14). The highest BCUT2D eigenvalue weighted by atomic mass is 16.1. The Balaban J connectivity index is 2.26. The number of hydrogen-bond donors (Lipinski definition) is 3. The molecule has 0 spiro atoms. The summed E-state index contributed by atoms with van der Waals surface area (Å²) in [6.07, 6.45) is 3.43. The summed E-state index contributed by atoms with van der Waals surface area (Å²) in [5, 5.41) is 0. The molecule has 1 heterocycles. The van der Waals surface area contributed by atoms with Crippen molar-refractivity contribution in [2.45, 2.75) is 19.5 Å². The van der Waals surface area contributed by atoms with Gasteiger partial charge in [-0.05, 0) is 24.6 Å². The molecular formula is C9H14N4O. The maximum atomic E-state index is 10.7. The molecule has 1 atom stereocenters. The molecule has 5 nitrogen and oxygen atoms in total. The van der Waals surface area contributed by atoms with Gasteiger partial charge < -0.3 is 5.73 Å². The minimum Gasteiger partial charge on any atom is -0.368 e. The first-order valence-corrected chi connectivity index (χ1v) is 4.37. The highest BCUT2D eigenvalue weighted by Crippen LogP contribution is 1.93. The Kier molecular flexibility index (Phi) is 4.03. The van der Waals surface area contributed by atoms with Crippen LogP contribution in [-0.2, 0) is 11.3 Å². The zero-order chi connectivity index (χ0) is 10.4. The first kappa shape index (κ1) is 10.6. The molecule has 0 radical (unpaired) electrons. The van der Waals surface area contributed by atoms with Crippen molar-refractivity contribution in [2.75, 3.05) is 0 Å². The predicted molar refractivity (Wildman–Crippen MR) is 52.9 cm³/mol. The number of primary amides is 1. The fourth-order valence-corrected chi connectivity index (χ4v) is 0.878. The van der Waals surface area contributed by atoms with E-state index in [1.165, 1.54) is 0 Å². The summed E-state index contributed by atoms with van der Waals surface area (Å²) in [7, 11) is 0. The number of hydrogen-bond acceptors (Lipinski definition) is 4. The quantitative estimate of drug-likeness (QED) is 0.555. The lowest BCUT2D eigenvalue weighted by atomic mass is 10.3. The highest BCUT2D eigenvalue weighted by molar-refractivity contribution is 5.79. The number of nitrogens with two attached hydrogens (primary N) is 1. The van der Waals surface area contributed by atoms with Gasteiger partial charge in [0, 0.05) is 18.9 Å². The largest absolute Gasteiger partial charge is 0.368 e. The molecule has 4 N–H and O–H groups in total. The molecule has 0 aromatic carbocycles. The zero-order valence-corrected chi connectivity index (χ0v) is 8.03. The van der Waals surface area contributed by atoms with Gasteiger partial charge in [-0.2, -0.15) is 0 Å². The summed E-state index contributed by atoms with van der Waals surface area (Å²) in [6, 6.07) is 3.41. The van der Waals surface area contributed by atoms with Crippen LogP contribution in [0.1, 0.15) is 12.5 Å². The number of rotatable bonds is 5. The van der Waals surface area contributed by atoms with Crippen molar-refractivity contribution < 1.29 is 4.79 Å². The number of nitrogens with one attached hydrogen (secondary N) is 2. The van der Waals surface area contributed by atoms with Crippen LogP contribution in [0.25, 0.3) is 0 Å². The molecule has 0 aliphatic carbocycles. The lowest BCUT2D eigenvalue weighted by Gasteiger charge is -2.10. The Morgan fingerprint density at radius 1 is 1.57 bits per heavy atom. The number of amides is 1. The van der Waals surface area contributed by atoms with Gasteiger partial charge in [-0.1, -0.05) is 0 Å². The van der Waals surface area contributed by atoms with E-state index in [2.05, 4.69) is 15.8 Å². The van der Waals surface area contributed by atoms with Gasteiger partial charge in [0.2, 0.25) is 5.91 Å². The number of aromatic nitrogens is 1. The molecule has 0 aliphatic rings. The average Bonchev–Trinajstić information content (AvgIpc) is 2.19. The number of carbonyl (C=O) groups is 1. The van der Waals surface area contributed by atoms with Gasteiger partial charge >= 0.3 is 0 Å². The maximum Gasteiger partial charge on any atom is 0.235 e. The van der Waals surface area contributed by atoms with Gasteiger partial charge in [-0.15, -0.1) is 0 Å². The van der Waals surface area contributed by atoms with E-state index in [0.717, 1.165) is 5.56 Å². The Hall–Kier alpha value is -1.46. The Bertz CT molecular complexity index is 288. The van der Waals surface area contributed by atoms with Crippen LogP contribution in [0.2, 0.25) is 0 Å². The molecule has 0 saturated heterocycles. The van der Waals surface area contributed by atoms with Crippen molar-refractivity contribution in [3.05, 3.63) is 30.1 Å². The van der Waals surface area contributed by atoms with Crippen molar-refractivity contribution in [2.24, 2.45) is 5.73 Å². The van der Waals surface area contributed by atoms with Gasteiger partial charge in [0.15, 0.2) is 0 Å². The molecular weight excluding hydrogens is 180 g/mol. The molecule has 0 fully saturated rings. The molecule has 1 unspecified atom stereocenters. The molecule has 0 aliphatic heterocycles. The summed E-state index contributed by atoms with van der Waals surface area (Å²) in [5.74, 6) is -0.382. The Morgan fingerprint density at radius 3 is 2.79 bits per heavy atom. The minimum absolute atomic E-state index is 0.378. The molecule has 0 saturated carbocycles. The van der Waals surface area contributed by atoms with Crippen LogP contribution in [0, 0.1) is 0 Å². The fraction of sp³-hybridized carbons (Fsp3) is 0.333. The van der Waals surface area contributed by atoms with Crippen LogP contribution in [0.5, 0.6) is 0 Å². The van der Waals surface area contributed by atoms with Gasteiger partial charge in [0.1, 0.15) is 0 Å². The molecule has 1 aromatic rings. The molecule has 1 amide bonds. The molecule has 5 heteroatoms. The van der Waals surface area contributed by atoms with Gasteiger partial charge in [0.25, 0.3) is 0 Å². The van der Waals surface area contributed by atoms with E-state index in [-0.39, 0.29) is 11.9 Å². The van der Waals surface area contributed by atoms with E-state index in [0.29, 0.717) is 6.54 Å². The SMILES string of the molecule is CC(NNCc1ccncc1)C(N)=O. The van der Waals surface area contributed by atoms with Crippen LogP contribution in [0.4, 0.5) is 0 Å². The van der Waals surface area contributed by atoms with Gasteiger partial charge in [-0.3, -0.25) is 15.2 Å². The second kappa shape index (κ2) is 5.31. The Labute approximate surface area is 82.7 Å². The van der Waals surface area contributed by atoms with E-state index in [1.807, 2.05) is 12.1 Å². The zero-order valence-electron chi connectivity index (χ0n) is 8.03. The van der Waals surface area contributed by atoms with Crippen molar-refractivity contribution in [3.8, 4) is 0 Å². The van der Waals surface area contributed by atoms with Crippen molar-refractivity contribution in [1.29, 1.82) is 0 Å². The normalized spacial score (nSPS) is 12.4. The fourth-order valence-electron chi connectivity index (χ4n) is 0.878. The third kappa shape index (κ3) is 3.51. The first-order valence-electron chi connectivity index (χ1n) is 4.37. The van der Waals surface area contributed by atoms with E-state index < -0.39 is 0 Å². The van der Waals surface area contributed by atoms with E-state index in [1.54, 1.807) is 19.3 Å². The maximum absolute atomic E-state index is 10.7. The smallest absolute Gasteiger partial charge is 0.235 e. The highest BCUT2D eigenvalue weighted by Gasteiger charge is 2.05. The molecule has 1 rings (SSSR count). The van der Waals surface area contributed by atoms with E-state index >= 15 is 0 Å². The van der Waals surface area contributed by atoms with Crippen LogP contribution in [-0.4, -0.2) is 16.9 Å². The number of nitrogens with zero attached hydrogens (tertiary/aromatic N) is 1. The summed E-state index contributed by atoms with van der Waals surface area (Å²) >= 11 is 0. The predicted octanol–water partition coefficient (Wildman–Crippen LogP) is -0.450. The number of pyridine rings is 1. The van der Waals surface area contributed by atoms with Crippen LogP contribution < -0.4 is 16.6 Å². The average molecular weight is 194 g/mol. The second-order valence-corrected chi connectivity index (χ2v) is 2.98. The summed E-state index contributed by atoms with van der Waals surface area (Å²) in [5.41, 5.74) is 11.8. The molecule has 14 heavy (non-hydrogen) atoms. The van der Waals surface area contributed by atoms with Gasteiger partial charge in [0.05, 0.1) is 6.04 Å². The molecule has 0 bridgehead atoms. The van der Waals surface area contributed by atoms with Crippen molar-refractivity contribution >= 4 is 5.91 Å². The third-order valence-corrected chi connectivity index (χ3v) is 1.79. The monoisotopic (exact) mass is 194 g/mol. The first-order chi connectivity index (χ1) is 6.70. The number of carbonyl (C=O) groups excluding carboxylic acids is 1. The van der Waals surface area contributed by atoms with Crippen molar-refractivity contribution in [3.63, 3.8) is 0 Å². The number of hydrazine groups is 1. The Morgan fingerprint density at radius 2 is 2.21 bits per heavy atom. The van der Waals surface area contributed by atoms with Crippen LogP contribution in [0.3, 0.4) is 0 Å². The lowest BCUT2D eigenvalue weighted by Crippen LogP contribution is -2.46. The lowest BCUT2D eigenvalue weighted by molar-refractivity contribution is -0.119. The van der Waals surface area contributed by atoms with E-state index in [9.17, 15) is 4.79 Å². The summed E-state index contributed by atoms with van der Waals surface area (Å²) < 4.78 is 0. The topological polar surface area (TPSA) is 80.0 Å². The van der Waals surface area contributed by atoms with Crippen molar-refractivity contribution in [1.82, 2.24) is 15.8 Å². The van der Waals surface area contributed by atoms with Gasteiger partial charge in [-0.25, -0.2) is 5.43 Å². The summed E-state index contributed by atoms with van der Waals surface area (Å²) in [4.78, 5) is 14.5. The minimum atomic E-state index is -0.382. The molecule has 1 aromatic heterocycles. The molecule has 76 valence electrons. The third-order valence-electron chi connectivity index (χ3n) is 1.79. The van der Waals surface area contributed by atoms with Crippen LogP contribution >= 0.6 is 0 Å².